The molecule has 0 bridgehead atoms. The van der Waals surface area contributed by atoms with Crippen molar-refractivity contribution < 1.29 is 5.11 Å². The maximum Gasteiger partial charge on any atom is 0.0836 e. The van der Waals surface area contributed by atoms with Crippen molar-refractivity contribution in [2.75, 3.05) is 0 Å². The van der Waals surface area contributed by atoms with Crippen molar-refractivity contribution in [1.82, 2.24) is 0 Å². The Morgan fingerprint density at radius 2 is 1.55 bits per heavy atom. The summed E-state index contributed by atoms with van der Waals surface area (Å²) in [6.07, 6.45) is 0.173. The van der Waals surface area contributed by atoms with Gasteiger partial charge in [-0.2, -0.15) is 0 Å². The highest BCUT2D eigenvalue weighted by molar-refractivity contribution is 14.1. The SMILES string of the molecule is OC(Cc1ccc(I)cc1)c1cccc2ccccc12. The quantitative estimate of drug-likeness (QED) is 0.658. The second-order valence-corrected chi connectivity index (χ2v) is 6.16. The zero-order chi connectivity index (χ0) is 13.9. The maximum atomic E-state index is 10.5. The van der Waals surface area contributed by atoms with Gasteiger partial charge in [0.05, 0.1) is 6.10 Å². The van der Waals surface area contributed by atoms with Crippen molar-refractivity contribution >= 4 is 33.4 Å². The standard InChI is InChI=1S/C18H15IO/c19-15-10-8-13(9-11-15)12-18(20)17-7-3-5-14-4-1-2-6-16(14)17/h1-11,18,20H,12H2. The summed E-state index contributed by atoms with van der Waals surface area (Å²) in [6, 6.07) is 22.6. The zero-order valence-corrected chi connectivity index (χ0v) is 13.1. The van der Waals surface area contributed by atoms with E-state index >= 15 is 0 Å². The van der Waals surface area contributed by atoms with Crippen LogP contribution in [0.15, 0.2) is 66.7 Å². The molecule has 0 fully saturated rings. The molecule has 2 heteroatoms. The third-order valence-corrected chi connectivity index (χ3v) is 4.24. The third-order valence-electron chi connectivity index (χ3n) is 3.52. The van der Waals surface area contributed by atoms with E-state index in [0.717, 1.165) is 16.5 Å². The van der Waals surface area contributed by atoms with E-state index in [1.807, 2.05) is 24.3 Å². The summed E-state index contributed by atoms with van der Waals surface area (Å²) in [4.78, 5) is 0. The van der Waals surface area contributed by atoms with Crippen molar-refractivity contribution in [3.63, 3.8) is 0 Å². The van der Waals surface area contributed by atoms with Crippen LogP contribution in [0.5, 0.6) is 0 Å². The molecule has 0 aliphatic rings. The summed E-state index contributed by atoms with van der Waals surface area (Å²) in [6.45, 7) is 0. The number of halogens is 1. The molecule has 0 saturated carbocycles. The Morgan fingerprint density at radius 1 is 0.850 bits per heavy atom. The lowest BCUT2D eigenvalue weighted by Gasteiger charge is -2.14. The first-order valence-electron chi connectivity index (χ1n) is 6.64. The Kier molecular flexibility index (Phi) is 4.03. The third kappa shape index (κ3) is 2.86. The van der Waals surface area contributed by atoms with Gasteiger partial charge in [-0.15, -0.1) is 0 Å². The van der Waals surface area contributed by atoms with Gasteiger partial charge in [0, 0.05) is 9.99 Å². The molecule has 20 heavy (non-hydrogen) atoms. The van der Waals surface area contributed by atoms with Gasteiger partial charge in [-0.05, 0) is 56.6 Å². The summed E-state index contributed by atoms with van der Waals surface area (Å²) >= 11 is 2.29. The molecule has 1 atom stereocenters. The second-order valence-electron chi connectivity index (χ2n) is 4.91. The van der Waals surface area contributed by atoms with Gasteiger partial charge in [0.2, 0.25) is 0 Å². The van der Waals surface area contributed by atoms with Crippen LogP contribution in [0.25, 0.3) is 10.8 Å². The van der Waals surface area contributed by atoms with Crippen molar-refractivity contribution in [3.8, 4) is 0 Å². The molecule has 0 heterocycles. The van der Waals surface area contributed by atoms with Gasteiger partial charge >= 0.3 is 0 Å². The Bertz CT molecular complexity index is 714. The predicted octanol–water partition coefficient (Wildman–Crippen LogP) is 4.72. The highest BCUT2D eigenvalue weighted by Gasteiger charge is 2.11. The number of fused-ring (bicyclic) bond motifs is 1. The minimum atomic E-state index is -0.471. The zero-order valence-electron chi connectivity index (χ0n) is 11.0. The van der Waals surface area contributed by atoms with Crippen LogP contribution in [-0.2, 0) is 6.42 Å². The lowest BCUT2D eigenvalue weighted by atomic mass is 9.96. The van der Waals surface area contributed by atoms with Crippen LogP contribution in [0, 0.1) is 3.57 Å². The molecule has 0 saturated heterocycles. The van der Waals surface area contributed by atoms with Gasteiger partial charge in [0.1, 0.15) is 0 Å². The molecule has 1 N–H and O–H groups in total. The molecule has 0 aliphatic heterocycles. The highest BCUT2D eigenvalue weighted by Crippen LogP contribution is 2.26. The van der Waals surface area contributed by atoms with Crippen LogP contribution in [-0.4, -0.2) is 5.11 Å². The van der Waals surface area contributed by atoms with Crippen molar-refractivity contribution in [2.45, 2.75) is 12.5 Å². The minimum Gasteiger partial charge on any atom is -0.388 e. The summed E-state index contributed by atoms with van der Waals surface area (Å²) in [5.74, 6) is 0. The van der Waals surface area contributed by atoms with Crippen LogP contribution in [0.1, 0.15) is 17.2 Å². The number of hydrogen-bond acceptors (Lipinski definition) is 1. The van der Waals surface area contributed by atoms with E-state index in [4.69, 9.17) is 0 Å². The molecule has 3 rings (SSSR count). The molecule has 0 radical (unpaired) electrons. The van der Waals surface area contributed by atoms with E-state index in [1.54, 1.807) is 0 Å². The highest BCUT2D eigenvalue weighted by atomic mass is 127. The van der Waals surface area contributed by atoms with Crippen LogP contribution in [0.3, 0.4) is 0 Å². The van der Waals surface area contributed by atoms with Gasteiger partial charge in [-0.1, -0.05) is 54.6 Å². The average Bonchev–Trinajstić information content (AvgIpc) is 2.49. The number of benzene rings is 3. The molecule has 3 aromatic carbocycles. The van der Waals surface area contributed by atoms with Gasteiger partial charge in [0.25, 0.3) is 0 Å². The van der Waals surface area contributed by atoms with E-state index in [1.165, 1.54) is 8.96 Å². The van der Waals surface area contributed by atoms with Crippen molar-refractivity contribution in [1.29, 1.82) is 0 Å². The molecule has 0 spiro atoms. The minimum absolute atomic E-state index is 0.471. The first-order valence-corrected chi connectivity index (χ1v) is 7.72. The first-order chi connectivity index (χ1) is 9.74. The number of hydrogen-bond donors (Lipinski definition) is 1. The molecule has 0 aromatic heterocycles. The van der Waals surface area contributed by atoms with E-state index in [0.29, 0.717) is 6.42 Å². The fraction of sp³-hybridized carbons (Fsp3) is 0.111. The molecule has 3 aromatic rings. The van der Waals surface area contributed by atoms with Gasteiger partial charge in [-0.25, -0.2) is 0 Å². The predicted molar refractivity (Wildman–Crippen MR) is 91.8 cm³/mol. The lowest BCUT2D eigenvalue weighted by Crippen LogP contribution is -2.02. The topological polar surface area (TPSA) is 20.2 Å². The van der Waals surface area contributed by atoms with Crippen LogP contribution < -0.4 is 0 Å². The van der Waals surface area contributed by atoms with Crippen LogP contribution in [0.4, 0.5) is 0 Å². The van der Waals surface area contributed by atoms with Gasteiger partial charge in [0.15, 0.2) is 0 Å². The largest absolute Gasteiger partial charge is 0.388 e. The summed E-state index contributed by atoms with van der Waals surface area (Å²) < 4.78 is 1.21. The van der Waals surface area contributed by atoms with Crippen molar-refractivity contribution in [3.05, 3.63) is 81.4 Å². The summed E-state index contributed by atoms with van der Waals surface area (Å²) in [7, 11) is 0. The summed E-state index contributed by atoms with van der Waals surface area (Å²) in [5.41, 5.74) is 2.16. The Balaban J connectivity index is 1.92. The molecular formula is C18H15IO. The molecular weight excluding hydrogens is 359 g/mol. The van der Waals surface area contributed by atoms with Crippen LogP contribution in [0.2, 0.25) is 0 Å². The van der Waals surface area contributed by atoms with Crippen LogP contribution >= 0.6 is 22.6 Å². The fourth-order valence-electron chi connectivity index (χ4n) is 2.49. The molecule has 0 amide bonds. The smallest absolute Gasteiger partial charge is 0.0836 e. The van der Waals surface area contributed by atoms with Gasteiger partial charge < -0.3 is 5.11 Å². The number of aliphatic hydroxyl groups excluding tert-OH is 1. The monoisotopic (exact) mass is 374 g/mol. The number of rotatable bonds is 3. The van der Waals surface area contributed by atoms with E-state index < -0.39 is 6.10 Å². The van der Waals surface area contributed by atoms with E-state index in [9.17, 15) is 5.11 Å². The van der Waals surface area contributed by atoms with Crippen molar-refractivity contribution in [2.24, 2.45) is 0 Å². The lowest BCUT2D eigenvalue weighted by molar-refractivity contribution is 0.180. The van der Waals surface area contributed by atoms with Gasteiger partial charge in [-0.3, -0.25) is 0 Å². The Hall–Kier alpha value is -1.39. The Labute approximate surface area is 132 Å². The van der Waals surface area contributed by atoms with E-state index in [-0.39, 0.29) is 0 Å². The average molecular weight is 374 g/mol. The molecule has 0 aliphatic carbocycles. The molecule has 1 unspecified atom stereocenters. The number of aliphatic hydroxyl groups is 1. The normalized spacial score (nSPS) is 12.5. The first kappa shape index (κ1) is 13.6. The fourth-order valence-corrected chi connectivity index (χ4v) is 2.85. The maximum absolute atomic E-state index is 10.5. The summed E-state index contributed by atoms with van der Waals surface area (Å²) in [5, 5.41) is 12.8. The molecule has 1 nitrogen and oxygen atoms in total. The Morgan fingerprint density at radius 3 is 2.35 bits per heavy atom. The molecule has 100 valence electrons. The van der Waals surface area contributed by atoms with E-state index in [2.05, 4.69) is 65.1 Å². The second kappa shape index (κ2) is 5.94.